The zero-order valence-electron chi connectivity index (χ0n) is 10.0. The molecule has 0 spiro atoms. The Bertz CT molecular complexity index is 693. The van der Waals surface area contributed by atoms with Gasteiger partial charge in [-0.2, -0.15) is 0 Å². The van der Waals surface area contributed by atoms with Gasteiger partial charge in [-0.05, 0) is 24.3 Å². The third-order valence-corrected chi connectivity index (χ3v) is 2.66. The molecule has 94 valence electrons. The van der Waals surface area contributed by atoms with Gasteiger partial charge in [0, 0.05) is 11.6 Å². The number of hydrogen-bond acceptors (Lipinski definition) is 5. The van der Waals surface area contributed by atoms with Crippen molar-refractivity contribution >= 4 is 10.9 Å². The second kappa shape index (κ2) is 4.99. The second-order valence-corrected chi connectivity index (χ2v) is 3.93. The van der Waals surface area contributed by atoms with Crippen LogP contribution in [0.3, 0.4) is 0 Å². The Balaban J connectivity index is 1.96. The van der Waals surface area contributed by atoms with Crippen LogP contribution in [0, 0.1) is 0 Å². The summed E-state index contributed by atoms with van der Waals surface area (Å²) in [7, 11) is 0. The molecule has 1 aromatic carbocycles. The molecule has 2 heterocycles. The molecule has 0 aliphatic rings. The maximum Gasteiger partial charge on any atom is 0.237 e. The van der Waals surface area contributed by atoms with Crippen LogP contribution in [-0.4, -0.2) is 20.1 Å². The van der Waals surface area contributed by atoms with E-state index >= 15 is 0 Å². The molecule has 2 aromatic heterocycles. The number of aliphatic hydroxyl groups excluding tert-OH is 1. The molecule has 19 heavy (non-hydrogen) atoms. The summed E-state index contributed by atoms with van der Waals surface area (Å²) in [6, 6.07) is 9.44. The summed E-state index contributed by atoms with van der Waals surface area (Å²) in [4.78, 5) is 12.4. The fourth-order valence-corrected chi connectivity index (χ4v) is 1.75. The van der Waals surface area contributed by atoms with E-state index in [-0.39, 0.29) is 6.61 Å². The van der Waals surface area contributed by atoms with Crippen molar-refractivity contribution < 1.29 is 9.84 Å². The maximum absolute atomic E-state index is 8.91. The van der Waals surface area contributed by atoms with Gasteiger partial charge in [0.15, 0.2) is 0 Å². The number of benzene rings is 1. The van der Waals surface area contributed by atoms with E-state index in [0.717, 1.165) is 10.9 Å². The smallest absolute Gasteiger partial charge is 0.237 e. The van der Waals surface area contributed by atoms with Crippen LogP contribution in [0.1, 0.15) is 5.69 Å². The van der Waals surface area contributed by atoms with Crippen molar-refractivity contribution in [2.45, 2.75) is 6.61 Å². The first-order valence-electron chi connectivity index (χ1n) is 5.80. The van der Waals surface area contributed by atoms with Crippen LogP contribution >= 0.6 is 0 Å². The van der Waals surface area contributed by atoms with Gasteiger partial charge in [-0.25, -0.2) is 4.98 Å². The van der Waals surface area contributed by atoms with Gasteiger partial charge in [-0.15, -0.1) is 0 Å². The van der Waals surface area contributed by atoms with Gasteiger partial charge < -0.3 is 9.84 Å². The average molecular weight is 253 g/mol. The van der Waals surface area contributed by atoms with Crippen LogP contribution in [0.2, 0.25) is 0 Å². The molecule has 0 fully saturated rings. The van der Waals surface area contributed by atoms with E-state index in [1.54, 1.807) is 6.20 Å². The number of ether oxygens (including phenoxy) is 1. The van der Waals surface area contributed by atoms with Gasteiger partial charge >= 0.3 is 0 Å². The fourth-order valence-electron chi connectivity index (χ4n) is 1.75. The maximum atomic E-state index is 8.91. The minimum absolute atomic E-state index is 0.133. The first-order valence-corrected chi connectivity index (χ1v) is 5.80. The molecule has 0 atom stereocenters. The summed E-state index contributed by atoms with van der Waals surface area (Å²) in [5.41, 5.74) is 1.37. The molecule has 0 amide bonds. The molecule has 1 N–H and O–H groups in total. The van der Waals surface area contributed by atoms with Gasteiger partial charge in [0.05, 0.1) is 30.2 Å². The number of aliphatic hydroxyl groups is 1. The highest BCUT2D eigenvalue weighted by molar-refractivity contribution is 5.85. The summed E-state index contributed by atoms with van der Waals surface area (Å²) >= 11 is 0. The zero-order valence-corrected chi connectivity index (χ0v) is 10.0. The Morgan fingerprint density at radius 3 is 2.74 bits per heavy atom. The molecule has 5 nitrogen and oxygen atoms in total. The molecule has 0 saturated heterocycles. The van der Waals surface area contributed by atoms with Crippen molar-refractivity contribution in [2.24, 2.45) is 0 Å². The van der Waals surface area contributed by atoms with Crippen molar-refractivity contribution in [2.75, 3.05) is 0 Å². The summed E-state index contributed by atoms with van der Waals surface area (Å²) in [5.74, 6) is 1.06. The van der Waals surface area contributed by atoms with Crippen molar-refractivity contribution in [3.63, 3.8) is 0 Å². The van der Waals surface area contributed by atoms with Crippen LogP contribution in [0.5, 0.6) is 11.6 Å². The van der Waals surface area contributed by atoms with Gasteiger partial charge in [0.25, 0.3) is 0 Å². The molecule has 0 bridgehead atoms. The molecule has 0 unspecified atom stereocenters. The van der Waals surface area contributed by atoms with Crippen molar-refractivity contribution in [3.8, 4) is 11.6 Å². The van der Waals surface area contributed by atoms with Gasteiger partial charge in [-0.3, -0.25) is 9.97 Å². The van der Waals surface area contributed by atoms with E-state index in [1.165, 1.54) is 12.4 Å². The molecule has 0 aliphatic heterocycles. The molecular weight excluding hydrogens is 242 g/mol. The third kappa shape index (κ3) is 2.36. The third-order valence-electron chi connectivity index (χ3n) is 2.66. The molecule has 0 radical (unpaired) electrons. The summed E-state index contributed by atoms with van der Waals surface area (Å²) in [6.45, 7) is -0.133. The Morgan fingerprint density at radius 2 is 1.95 bits per heavy atom. The van der Waals surface area contributed by atoms with Gasteiger partial charge in [-0.1, -0.05) is 6.07 Å². The quantitative estimate of drug-likeness (QED) is 0.775. The van der Waals surface area contributed by atoms with E-state index in [1.807, 2.05) is 30.3 Å². The average Bonchev–Trinajstić information content (AvgIpc) is 2.48. The fraction of sp³-hybridized carbons (Fsp3) is 0.0714. The summed E-state index contributed by atoms with van der Waals surface area (Å²) in [5, 5.41) is 9.82. The number of rotatable bonds is 3. The normalized spacial score (nSPS) is 10.6. The Labute approximate surface area is 109 Å². The Hall–Kier alpha value is -2.53. The van der Waals surface area contributed by atoms with Crippen LogP contribution in [0.15, 0.2) is 48.9 Å². The number of aromatic nitrogens is 3. The van der Waals surface area contributed by atoms with Gasteiger partial charge in [0.2, 0.25) is 5.88 Å². The number of hydrogen-bond donors (Lipinski definition) is 1. The summed E-state index contributed by atoms with van der Waals surface area (Å²) in [6.07, 6.45) is 4.71. The summed E-state index contributed by atoms with van der Waals surface area (Å²) < 4.78 is 5.70. The van der Waals surface area contributed by atoms with Crippen LogP contribution in [-0.2, 0) is 6.61 Å². The van der Waals surface area contributed by atoms with Crippen molar-refractivity contribution in [1.29, 1.82) is 0 Å². The second-order valence-electron chi connectivity index (χ2n) is 3.93. The Kier molecular flexibility index (Phi) is 3.04. The molecule has 3 rings (SSSR count). The predicted molar refractivity (Wildman–Crippen MR) is 69.8 cm³/mol. The molecule has 0 aliphatic carbocycles. The van der Waals surface area contributed by atoms with E-state index in [0.29, 0.717) is 17.3 Å². The Morgan fingerprint density at radius 1 is 1.00 bits per heavy atom. The first kappa shape index (κ1) is 11.6. The minimum atomic E-state index is -0.133. The molecule has 3 aromatic rings. The standard InChI is InChI=1S/C14H11N3O2/c18-9-10-7-17-14(8-16-10)19-13-5-1-4-12-11(13)3-2-6-15-12/h1-8,18H,9H2. The molecule has 5 heteroatoms. The highest BCUT2D eigenvalue weighted by Crippen LogP contribution is 2.27. The van der Waals surface area contributed by atoms with Crippen LogP contribution in [0.25, 0.3) is 10.9 Å². The van der Waals surface area contributed by atoms with Gasteiger partial charge in [0.1, 0.15) is 5.75 Å². The predicted octanol–water partition coefficient (Wildman–Crippen LogP) is 2.31. The van der Waals surface area contributed by atoms with Crippen molar-refractivity contribution in [3.05, 3.63) is 54.6 Å². The number of pyridine rings is 1. The number of fused-ring (bicyclic) bond motifs is 1. The lowest BCUT2D eigenvalue weighted by atomic mass is 10.2. The van der Waals surface area contributed by atoms with E-state index in [2.05, 4.69) is 15.0 Å². The first-order chi connectivity index (χ1) is 9.36. The highest BCUT2D eigenvalue weighted by atomic mass is 16.5. The molecule has 0 saturated carbocycles. The number of nitrogens with zero attached hydrogens (tertiary/aromatic N) is 3. The van der Waals surface area contributed by atoms with E-state index in [9.17, 15) is 0 Å². The van der Waals surface area contributed by atoms with Crippen LogP contribution < -0.4 is 4.74 Å². The lowest BCUT2D eigenvalue weighted by Crippen LogP contribution is -1.94. The molecular formula is C14H11N3O2. The van der Waals surface area contributed by atoms with E-state index < -0.39 is 0 Å². The topological polar surface area (TPSA) is 68.1 Å². The monoisotopic (exact) mass is 253 g/mol. The van der Waals surface area contributed by atoms with E-state index in [4.69, 9.17) is 9.84 Å². The lowest BCUT2D eigenvalue weighted by Gasteiger charge is -2.07. The highest BCUT2D eigenvalue weighted by Gasteiger charge is 2.05. The SMILES string of the molecule is OCc1cnc(Oc2cccc3ncccc23)cn1. The lowest BCUT2D eigenvalue weighted by molar-refractivity contribution is 0.276. The van der Waals surface area contributed by atoms with Crippen molar-refractivity contribution in [1.82, 2.24) is 15.0 Å². The minimum Gasteiger partial charge on any atom is -0.437 e. The van der Waals surface area contributed by atoms with Crippen LogP contribution in [0.4, 0.5) is 0 Å². The largest absolute Gasteiger partial charge is 0.437 e. The zero-order chi connectivity index (χ0) is 13.1.